The summed E-state index contributed by atoms with van der Waals surface area (Å²) in [4.78, 5) is 9.91. The maximum absolute atomic E-state index is 6.14. The van der Waals surface area contributed by atoms with E-state index in [4.69, 9.17) is 16.3 Å². The molecule has 5 heteroatoms. The Morgan fingerprint density at radius 3 is 2.43 bits per heavy atom. The number of ether oxygens (including phenoxy) is 1. The van der Waals surface area contributed by atoms with Crippen molar-refractivity contribution in [2.45, 2.75) is 82.2 Å². The first-order chi connectivity index (χ1) is 13.6. The summed E-state index contributed by atoms with van der Waals surface area (Å²) < 4.78 is 5.73. The molecule has 0 saturated heterocycles. The van der Waals surface area contributed by atoms with Crippen molar-refractivity contribution in [3.63, 3.8) is 0 Å². The van der Waals surface area contributed by atoms with Crippen molar-refractivity contribution in [3.8, 4) is 5.88 Å². The zero-order valence-corrected chi connectivity index (χ0v) is 19.0. The van der Waals surface area contributed by atoms with Gasteiger partial charge in [-0.1, -0.05) is 76.6 Å². The van der Waals surface area contributed by atoms with E-state index < -0.39 is 0 Å². The zero-order valence-electron chi connectivity index (χ0n) is 17.4. The SMILES string of the molecule is CCCCCCCCc1ccc(Sc2nc(Cl)cc(OCCC(C)C)n2)cc1. The number of halogens is 1. The third-order valence-electron chi connectivity index (χ3n) is 4.55. The van der Waals surface area contributed by atoms with Gasteiger partial charge >= 0.3 is 0 Å². The Bertz CT molecular complexity index is 692. The minimum atomic E-state index is 0.414. The van der Waals surface area contributed by atoms with E-state index in [9.17, 15) is 0 Å². The molecule has 0 bridgehead atoms. The molecule has 0 radical (unpaired) electrons. The first-order valence-electron chi connectivity index (χ1n) is 10.5. The molecule has 0 unspecified atom stereocenters. The number of hydrogen-bond donors (Lipinski definition) is 0. The lowest BCUT2D eigenvalue weighted by molar-refractivity contribution is 0.277. The molecule has 0 aliphatic carbocycles. The average molecular weight is 421 g/mol. The molecule has 0 aliphatic rings. The van der Waals surface area contributed by atoms with Crippen molar-refractivity contribution in [1.29, 1.82) is 0 Å². The second kappa shape index (κ2) is 13.1. The molecule has 28 heavy (non-hydrogen) atoms. The molecule has 2 aromatic rings. The molecule has 0 fully saturated rings. The Hall–Kier alpha value is -1.26. The van der Waals surface area contributed by atoms with Crippen LogP contribution in [0.4, 0.5) is 0 Å². The summed E-state index contributed by atoms with van der Waals surface area (Å²) in [5.41, 5.74) is 1.39. The number of nitrogens with zero attached hydrogens (tertiary/aromatic N) is 2. The standard InChI is InChI=1S/C23H33ClN2OS/c1-4-5-6-7-8-9-10-19-11-13-20(14-12-19)28-23-25-21(24)17-22(26-23)27-16-15-18(2)3/h11-14,17-18H,4-10,15-16H2,1-3H3. The van der Waals surface area contributed by atoms with Crippen LogP contribution in [0.25, 0.3) is 0 Å². The maximum atomic E-state index is 6.14. The highest BCUT2D eigenvalue weighted by Gasteiger charge is 2.07. The lowest BCUT2D eigenvalue weighted by atomic mass is 10.1. The molecule has 0 amide bonds. The molecule has 0 aliphatic heterocycles. The van der Waals surface area contributed by atoms with E-state index in [0.29, 0.717) is 28.7 Å². The normalized spacial score (nSPS) is 11.2. The third-order valence-corrected chi connectivity index (χ3v) is 5.61. The number of rotatable bonds is 13. The predicted octanol–water partition coefficient (Wildman–Crippen LogP) is 7.61. The maximum Gasteiger partial charge on any atom is 0.218 e. The fourth-order valence-electron chi connectivity index (χ4n) is 2.83. The zero-order chi connectivity index (χ0) is 20.2. The lowest BCUT2D eigenvalue weighted by Gasteiger charge is -2.09. The van der Waals surface area contributed by atoms with Crippen LogP contribution in [-0.2, 0) is 6.42 Å². The van der Waals surface area contributed by atoms with Crippen LogP contribution < -0.4 is 4.74 Å². The molecule has 0 atom stereocenters. The molecule has 0 saturated carbocycles. The summed E-state index contributed by atoms with van der Waals surface area (Å²) in [6, 6.07) is 10.4. The van der Waals surface area contributed by atoms with Crippen LogP contribution in [0.15, 0.2) is 40.4 Å². The summed E-state index contributed by atoms with van der Waals surface area (Å²) in [5.74, 6) is 1.14. The lowest BCUT2D eigenvalue weighted by Crippen LogP contribution is -2.03. The summed E-state index contributed by atoms with van der Waals surface area (Å²) in [7, 11) is 0. The highest BCUT2D eigenvalue weighted by molar-refractivity contribution is 7.99. The molecule has 0 N–H and O–H groups in total. The quantitative estimate of drug-likeness (QED) is 0.190. The van der Waals surface area contributed by atoms with Crippen LogP contribution in [-0.4, -0.2) is 16.6 Å². The van der Waals surface area contributed by atoms with E-state index in [0.717, 1.165) is 17.7 Å². The van der Waals surface area contributed by atoms with Crippen molar-refractivity contribution in [1.82, 2.24) is 9.97 Å². The van der Waals surface area contributed by atoms with E-state index in [-0.39, 0.29) is 0 Å². The summed E-state index contributed by atoms with van der Waals surface area (Å²) >= 11 is 7.66. The van der Waals surface area contributed by atoms with Gasteiger partial charge in [-0.2, -0.15) is 4.98 Å². The van der Waals surface area contributed by atoms with Crippen LogP contribution in [0.3, 0.4) is 0 Å². The van der Waals surface area contributed by atoms with Gasteiger partial charge in [0.05, 0.1) is 6.61 Å². The average Bonchev–Trinajstić information content (AvgIpc) is 2.65. The topological polar surface area (TPSA) is 35.0 Å². The van der Waals surface area contributed by atoms with Gasteiger partial charge in [0.15, 0.2) is 5.16 Å². The Kier molecular flexibility index (Phi) is 10.7. The van der Waals surface area contributed by atoms with Crippen LogP contribution >= 0.6 is 23.4 Å². The van der Waals surface area contributed by atoms with Crippen molar-refractivity contribution < 1.29 is 4.74 Å². The summed E-state index contributed by atoms with van der Waals surface area (Å²) in [6.45, 7) is 7.25. The highest BCUT2D eigenvalue weighted by Crippen LogP contribution is 2.28. The molecule has 3 nitrogen and oxygen atoms in total. The van der Waals surface area contributed by atoms with Crippen molar-refractivity contribution in [2.75, 3.05) is 6.61 Å². The van der Waals surface area contributed by atoms with Crippen LogP contribution in [0, 0.1) is 5.92 Å². The second-order valence-electron chi connectivity index (χ2n) is 7.61. The molecule has 0 spiro atoms. The summed E-state index contributed by atoms with van der Waals surface area (Å²) in [6.07, 6.45) is 10.1. The Balaban J connectivity index is 1.83. The van der Waals surface area contributed by atoms with Gasteiger partial charge < -0.3 is 4.74 Å². The fraction of sp³-hybridized carbons (Fsp3) is 0.565. The van der Waals surface area contributed by atoms with Gasteiger partial charge in [0, 0.05) is 11.0 Å². The van der Waals surface area contributed by atoms with E-state index in [1.54, 1.807) is 6.07 Å². The minimum absolute atomic E-state index is 0.414. The van der Waals surface area contributed by atoms with Gasteiger partial charge in [-0.3, -0.25) is 0 Å². The Morgan fingerprint density at radius 2 is 1.71 bits per heavy atom. The summed E-state index contributed by atoms with van der Waals surface area (Å²) in [5, 5.41) is 1.03. The number of aryl methyl sites for hydroxylation is 1. The van der Waals surface area contributed by atoms with Gasteiger partial charge in [0.2, 0.25) is 5.88 Å². The smallest absolute Gasteiger partial charge is 0.218 e. The van der Waals surface area contributed by atoms with Gasteiger partial charge in [0.25, 0.3) is 0 Å². The Labute approximate surface area is 179 Å². The predicted molar refractivity (Wildman–Crippen MR) is 120 cm³/mol. The van der Waals surface area contributed by atoms with E-state index in [1.165, 1.54) is 55.9 Å². The first kappa shape index (κ1) is 23.0. The number of hydrogen-bond acceptors (Lipinski definition) is 4. The molecule has 1 aromatic heterocycles. The van der Waals surface area contributed by atoms with Crippen molar-refractivity contribution in [3.05, 3.63) is 41.0 Å². The fourth-order valence-corrected chi connectivity index (χ4v) is 3.82. The van der Waals surface area contributed by atoms with Crippen LogP contribution in [0.5, 0.6) is 5.88 Å². The molecule has 1 aromatic carbocycles. The molecule has 1 heterocycles. The molecule has 154 valence electrons. The number of benzene rings is 1. The van der Waals surface area contributed by atoms with Crippen LogP contribution in [0.2, 0.25) is 5.15 Å². The largest absolute Gasteiger partial charge is 0.478 e. The number of aromatic nitrogens is 2. The first-order valence-corrected chi connectivity index (χ1v) is 11.7. The van der Waals surface area contributed by atoms with Crippen molar-refractivity contribution in [2.24, 2.45) is 5.92 Å². The molecule has 2 rings (SSSR count). The monoisotopic (exact) mass is 420 g/mol. The minimum Gasteiger partial charge on any atom is -0.478 e. The van der Waals surface area contributed by atoms with E-state index >= 15 is 0 Å². The van der Waals surface area contributed by atoms with E-state index in [2.05, 4.69) is 55.0 Å². The van der Waals surface area contributed by atoms with Gasteiger partial charge in [-0.05, 0) is 54.6 Å². The molecular weight excluding hydrogens is 388 g/mol. The van der Waals surface area contributed by atoms with Crippen LogP contribution in [0.1, 0.15) is 71.3 Å². The van der Waals surface area contributed by atoms with Gasteiger partial charge in [-0.15, -0.1) is 0 Å². The van der Waals surface area contributed by atoms with Gasteiger partial charge in [0.1, 0.15) is 5.15 Å². The van der Waals surface area contributed by atoms with E-state index in [1.807, 2.05) is 0 Å². The molecular formula is C23H33ClN2OS. The van der Waals surface area contributed by atoms with Gasteiger partial charge in [-0.25, -0.2) is 4.98 Å². The third kappa shape index (κ3) is 9.29. The Morgan fingerprint density at radius 1 is 1.00 bits per heavy atom. The second-order valence-corrected chi connectivity index (χ2v) is 9.03. The highest BCUT2D eigenvalue weighted by atomic mass is 35.5. The number of unbranched alkanes of at least 4 members (excludes halogenated alkanes) is 5. The van der Waals surface area contributed by atoms with Crippen molar-refractivity contribution >= 4 is 23.4 Å².